The molecule has 0 aliphatic carbocycles. The lowest BCUT2D eigenvalue weighted by atomic mass is 10.2. The highest BCUT2D eigenvalue weighted by atomic mass is 32.1. The van der Waals surface area contributed by atoms with Crippen LogP contribution in [0, 0.1) is 11.7 Å². The molecule has 3 rings (SSSR count). The topological polar surface area (TPSA) is 102 Å². The van der Waals surface area contributed by atoms with E-state index in [-0.39, 0.29) is 0 Å². The Morgan fingerprint density at radius 2 is 1.73 bits per heavy atom. The third kappa shape index (κ3) is 3.31. The van der Waals surface area contributed by atoms with Gasteiger partial charge in [0.15, 0.2) is 0 Å². The average Bonchev–Trinajstić information content (AvgIpc) is 3.24. The molecule has 0 saturated heterocycles. The maximum absolute atomic E-state index is 5.42. The molecule has 0 fully saturated rings. The Morgan fingerprint density at radius 1 is 1.04 bits per heavy atom. The number of hydrogen-bond acceptors (Lipinski definition) is 7. The molecule has 2 aromatic heterocycles. The molecule has 3 aromatic rings. The lowest BCUT2D eigenvalue weighted by Gasteiger charge is -2.12. The van der Waals surface area contributed by atoms with Gasteiger partial charge in [0.05, 0.1) is 33.1 Å². The monoisotopic (exact) mass is 374 g/mol. The number of nitrogens with zero attached hydrogens (tertiary/aromatic N) is 4. The average molecular weight is 374 g/mol. The van der Waals surface area contributed by atoms with Crippen LogP contribution in [0.15, 0.2) is 23.3 Å². The summed E-state index contributed by atoms with van der Waals surface area (Å²) in [5.41, 5.74) is 2.17. The highest BCUT2D eigenvalue weighted by Gasteiger charge is 2.14. The molecule has 0 aliphatic rings. The van der Waals surface area contributed by atoms with Crippen molar-refractivity contribution in [1.29, 1.82) is 0 Å². The number of benzene rings is 1. The fourth-order valence-corrected chi connectivity index (χ4v) is 2.55. The zero-order chi connectivity index (χ0) is 18.7. The van der Waals surface area contributed by atoms with Crippen LogP contribution in [0.25, 0.3) is 11.5 Å². The van der Waals surface area contributed by atoms with Gasteiger partial charge in [-0.3, -0.25) is 5.10 Å². The van der Waals surface area contributed by atoms with Crippen molar-refractivity contribution in [3.63, 3.8) is 0 Å². The van der Waals surface area contributed by atoms with E-state index in [2.05, 4.69) is 25.5 Å². The van der Waals surface area contributed by atoms with E-state index < -0.39 is 0 Å². The molecule has 0 atom stereocenters. The van der Waals surface area contributed by atoms with E-state index in [9.17, 15) is 0 Å². The summed E-state index contributed by atoms with van der Waals surface area (Å²) in [7, 11) is 4.70. The van der Waals surface area contributed by atoms with Gasteiger partial charge < -0.3 is 14.2 Å². The number of ether oxygens (including phenoxy) is 3. The number of aromatic nitrogens is 5. The van der Waals surface area contributed by atoms with Crippen molar-refractivity contribution >= 4 is 18.4 Å². The Morgan fingerprint density at radius 3 is 2.27 bits per heavy atom. The number of aryl methyl sites for hydroxylation is 1. The molecule has 0 radical (unpaired) electrons. The van der Waals surface area contributed by atoms with Crippen LogP contribution in [0.4, 0.5) is 0 Å². The smallest absolute Gasteiger partial charge is 0.216 e. The minimum Gasteiger partial charge on any atom is -0.496 e. The molecule has 0 spiro atoms. The molecule has 9 nitrogen and oxygen atoms in total. The first-order valence-electron chi connectivity index (χ1n) is 7.61. The molecule has 136 valence electrons. The van der Waals surface area contributed by atoms with Crippen molar-refractivity contribution in [3.8, 4) is 28.8 Å². The standard InChI is InChI=1S/C16H18N6O3S/c1-9-5-12(19-18-9)15-20-21-16(26)22(15)17-8-11-13(24-3)6-10(23-2)7-14(11)25-4/h5-8H,1-4H3,(H,18,19)(H,21,26). The fraction of sp³-hybridized carbons (Fsp3) is 0.250. The van der Waals surface area contributed by atoms with E-state index in [4.69, 9.17) is 26.4 Å². The summed E-state index contributed by atoms with van der Waals surface area (Å²) in [4.78, 5) is 0. The first kappa shape index (κ1) is 17.7. The fourth-order valence-electron chi connectivity index (χ4n) is 2.37. The first-order valence-corrected chi connectivity index (χ1v) is 8.02. The predicted octanol–water partition coefficient (Wildman–Crippen LogP) is 2.55. The SMILES string of the molecule is COc1cc(OC)c(C=Nn2c(-c3cc(C)[nH]n3)n[nH]c2=S)c(OC)c1. The molecule has 2 heterocycles. The van der Waals surface area contributed by atoms with Crippen molar-refractivity contribution in [1.82, 2.24) is 25.1 Å². The summed E-state index contributed by atoms with van der Waals surface area (Å²) in [6.07, 6.45) is 1.59. The van der Waals surface area contributed by atoms with E-state index >= 15 is 0 Å². The van der Waals surface area contributed by atoms with Gasteiger partial charge >= 0.3 is 0 Å². The van der Waals surface area contributed by atoms with Crippen LogP contribution in [-0.2, 0) is 0 Å². The van der Waals surface area contributed by atoms with Gasteiger partial charge in [-0.05, 0) is 25.2 Å². The second kappa shape index (κ2) is 7.40. The Balaban J connectivity index is 2.07. The van der Waals surface area contributed by atoms with Gasteiger partial charge in [-0.2, -0.15) is 20.0 Å². The van der Waals surface area contributed by atoms with Gasteiger partial charge in [-0.15, -0.1) is 0 Å². The molecule has 0 saturated carbocycles. The van der Waals surface area contributed by atoms with E-state index in [0.717, 1.165) is 5.69 Å². The number of hydrogen-bond donors (Lipinski definition) is 2. The molecule has 26 heavy (non-hydrogen) atoms. The number of H-pyrrole nitrogens is 2. The van der Waals surface area contributed by atoms with E-state index in [1.807, 2.05) is 13.0 Å². The summed E-state index contributed by atoms with van der Waals surface area (Å²) in [5, 5.41) is 18.4. The van der Waals surface area contributed by atoms with Crippen LogP contribution >= 0.6 is 12.2 Å². The molecule has 0 unspecified atom stereocenters. The second-order valence-corrected chi connectivity index (χ2v) is 5.68. The Labute approximate surface area is 154 Å². The zero-order valence-corrected chi connectivity index (χ0v) is 15.5. The lowest BCUT2D eigenvalue weighted by Crippen LogP contribution is -2.00. The third-order valence-electron chi connectivity index (χ3n) is 3.64. The van der Waals surface area contributed by atoms with Crippen molar-refractivity contribution in [3.05, 3.63) is 34.2 Å². The van der Waals surface area contributed by atoms with E-state index in [1.165, 1.54) is 4.68 Å². The Hall–Kier alpha value is -3.14. The number of nitrogens with one attached hydrogen (secondary N) is 2. The highest BCUT2D eigenvalue weighted by molar-refractivity contribution is 7.71. The Bertz CT molecular complexity index is 979. The summed E-state index contributed by atoms with van der Waals surface area (Å²) in [6.45, 7) is 1.90. The van der Waals surface area contributed by atoms with E-state index in [1.54, 1.807) is 39.7 Å². The van der Waals surface area contributed by atoms with Gasteiger partial charge in [0.25, 0.3) is 0 Å². The van der Waals surface area contributed by atoms with Gasteiger partial charge in [0.1, 0.15) is 22.9 Å². The maximum atomic E-state index is 5.42. The molecule has 1 aromatic carbocycles. The van der Waals surface area contributed by atoms with Crippen LogP contribution in [-0.4, -0.2) is 52.6 Å². The molecular weight excluding hydrogens is 356 g/mol. The largest absolute Gasteiger partial charge is 0.496 e. The normalized spacial score (nSPS) is 11.1. The number of methoxy groups -OCH3 is 3. The van der Waals surface area contributed by atoms with Gasteiger partial charge in [-0.25, -0.2) is 5.10 Å². The summed E-state index contributed by atoms with van der Waals surface area (Å²) < 4.78 is 17.9. The van der Waals surface area contributed by atoms with Crippen LogP contribution in [0.2, 0.25) is 0 Å². The minimum atomic E-state index is 0.336. The highest BCUT2D eigenvalue weighted by Crippen LogP contribution is 2.32. The van der Waals surface area contributed by atoms with E-state index in [0.29, 0.717) is 39.1 Å². The van der Waals surface area contributed by atoms with Gasteiger partial charge in [-0.1, -0.05) is 0 Å². The van der Waals surface area contributed by atoms with Gasteiger partial charge in [0.2, 0.25) is 10.6 Å². The van der Waals surface area contributed by atoms with Crippen molar-refractivity contribution in [2.45, 2.75) is 6.92 Å². The zero-order valence-electron chi connectivity index (χ0n) is 14.7. The number of rotatable bonds is 6. The second-order valence-electron chi connectivity index (χ2n) is 5.29. The maximum Gasteiger partial charge on any atom is 0.216 e. The summed E-state index contributed by atoms with van der Waals surface area (Å²) in [5.74, 6) is 2.21. The minimum absolute atomic E-state index is 0.336. The van der Waals surface area contributed by atoms with Crippen molar-refractivity contribution in [2.75, 3.05) is 21.3 Å². The molecular formula is C16H18N6O3S. The summed E-state index contributed by atoms with van der Waals surface area (Å²) >= 11 is 5.27. The number of aromatic amines is 2. The molecule has 0 bridgehead atoms. The van der Waals surface area contributed by atoms with Crippen LogP contribution in [0.1, 0.15) is 11.3 Å². The van der Waals surface area contributed by atoms with Crippen LogP contribution in [0.3, 0.4) is 0 Å². The quantitative estimate of drug-likeness (QED) is 0.508. The molecule has 0 amide bonds. The Kier molecular flexibility index (Phi) is 5.03. The van der Waals surface area contributed by atoms with Gasteiger partial charge in [0, 0.05) is 17.8 Å². The molecule has 10 heteroatoms. The lowest BCUT2D eigenvalue weighted by molar-refractivity contribution is 0.374. The predicted molar refractivity (Wildman–Crippen MR) is 98.8 cm³/mol. The van der Waals surface area contributed by atoms with Crippen molar-refractivity contribution in [2.24, 2.45) is 5.10 Å². The third-order valence-corrected chi connectivity index (χ3v) is 3.91. The first-order chi connectivity index (χ1) is 12.6. The summed E-state index contributed by atoms with van der Waals surface area (Å²) in [6, 6.07) is 5.35. The molecule has 0 aliphatic heterocycles. The van der Waals surface area contributed by atoms with Crippen molar-refractivity contribution < 1.29 is 14.2 Å². The molecule has 2 N–H and O–H groups in total. The van der Waals surface area contributed by atoms with Crippen LogP contribution < -0.4 is 14.2 Å². The van der Waals surface area contributed by atoms with Crippen LogP contribution in [0.5, 0.6) is 17.2 Å².